The van der Waals surface area contributed by atoms with E-state index in [1.165, 1.54) is 6.20 Å². The number of hydrogen-bond donors (Lipinski definition) is 0. The van der Waals surface area contributed by atoms with Gasteiger partial charge in [0.25, 0.3) is 6.43 Å². The lowest BCUT2D eigenvalue weighted by Gasteiger charge is -2.05. The molecule has 0 N–H and O–H groups in total. The van der Waals surface area contributed by atoms with Crippen molar-refractivity contribution in [1.29, 1.82) is 5.26 Å². The highest BCUT2D eigenvalue weighted by Gasteiger charge is 2.20. The molecule has 0 saturated carbocycles. The van der Waals surface area contributed by atoms with Gasteiger partial charge in [-0.25, -0.2) is 13.8 Å². The van der Waals surface area contributed by atoms with Crippen LogP contribution in [0.25, 0.3) is 0 Å². The summed E-state index contributed by atoms with van der Waals surface area (Å²) in [6, 6.07) is 1.67. The maximum Gasteiger partial charge on any atom is 0.268 e. The molecule has 1 aromatic heterocycles. The molecule has 1 heterocycles. The van der Waals surface area contributed by atoms with Gasteiger partial charge in [-0.15, -0.1) is 0 Å². The second-order valence-corrected chi connectivity index (χ2v) is 3.62. The normalized spacial score (nSPS) is 10.2. The van der Waals surface area contributed by atoms with E-state index in [9.17, 15) is 8.78 Å². The standard InChI is InChI=1S/C7H2ClF2IN2/c8-6-5(7(9)10)3(1-12)4(11)2-13-6/h2,7H. The number of nitrogens with zero attached hydrogens (tertiary/aromatic N) is 2. The van der Waals surface area contributed by atoms with Gasteiger partial charge in [0, 0.05) is 9.77 Å². The third kappa shape index (κ3) is 2.06. The Bertz CT molecular complexity index is 375. The van der Waals surface area contributed by atoms with Crippen molar-refractivity contribution in [3.63, 3.8) is 0 Å². The molecule has 0 spiro atoms. The van der Waals surface area contributed by atoms with Gasteiger partial charge in [-0.2, -0.15) is 5.26 Å². The van der Waals surface area contributed by atoms with Gasteiger partial charge >= 0.3 is 0 Å². The maximum atomic E-state index is 12.4. The first kappa shape index (κ1) is 10.6. The van der Waals surface area contributed by atoms with Crippen LogP contribution in [-0.2, 0) is 0 Å². The SMILES string of the molecule is N#Cc1c(I)cnc(Cl)c1C(F)F. The predicted molar refractivity (Wildman–Crippen MR) is 51.6 cm³/mol. The van der Waals surface area contributed by atoms with Gasteiger partial charge in [0.2, 0.25) is 0 Å². The number of nitriles is 1. The van der Waals surface area contributed by atoms with Gasteiger partial charge in [0.05, 0.1) is 11.1 Å². The molecule has 0 atom stereocenters. The zero-order valence-electron chi connectivity index (χ0n) is 6.06. The summed E-state index contributed by atoms with van der Waals surface area (Å²) in [4.78, 5) is 3.54. The van der Waals surface area contributed by atoms with Crippen molar-refractivity contribution < 1.29 is 8.78 Å². The van der Waals surface area contributed by atoms with Crippen LogP contribution < -0.4 is 0 Å². The molecule has 68 valence electrons. The van der Waals surface area contributed by atoms with Crippen molar-refractivity contribution in [2.24, 2.45) is 0 Å². The summed E-state index contributed by atoms with van der Waals surface area (Å²) >= 11 is 7.19. The van der Waals surface area contributed by atoms with E-state index in [1.54, 1.807) is 28.7 Å². The van der Waals surface area contributed by atoms with Crippen molar-refractivity contribution in [1.82, 2.24) is 4.98 Å². The number of hydrogen-bond acceptors (Lipinski definition) is 2. The van der Waals surface area contributed by atoms with Gasteiger partial charge in [-0.05, 0) is 22.6 Å². The molecule has 13 heavy (non-hydrogen) atoms. The second kappa shape index (κ2) is 4.15. The Morgan fingerprint density at radius 1 is 1.62 bits per heavy atom. The van der Waals surface area contributed by atoms with E-state index in [2.05, 4.69) is 4.98 Å². The zero-order valence-corrected chi connectivity index (χ0v) is 8.97. The molecule has 6 heteroatoms. The van der Waals surface area contributed by atoms with E-state index in [4.69, 9.17) is 16.9 Å². The Kier molecular flexibility index (Phi) is 3.39. The average Bonchev–Trinajstić information content (AvgIpc) is 2.07. The van der Waals surface area contributed by atoms with E-state index in [0.29, 0.717) is 3.57 Å². The van der Waals surface area contributed by atoms with Crippen molar-refractivity contribution in [3.8, 4) is 6.07 Å². The van der Waals surface area contributed by atoms with Crippen LogP contribution in [0.15, 0.2) is 6.20 Å². The number of rotatable bonds is 1. The monoisotopic (exact) mass is 314 g/mol. The van der Waals surface area contributed by atoms with Gasteiger partial charge in [0.15, 0.2) is 0 Å². The number of aromatic nitrogens is 1. The average molecular weight is 314 g/mol. The van der Waals surface area contributed by atoms with Crippen LogP contribution in [0, 0.1) is 14.9 Å². The van der Waals surface area contributed by atoms with Gasteiger partial charge < -0.3 is 0 Å². The van der Waals surface area contributed by atoms with Crippen LogP contribution in [0.4, 0.5) is 8.78 Å². The number of pyridine rings is 1. The minimum Gasteiger partial charge on any atom is -0.243 e. The van der Waals surface area contributed by atoms with Gasteiger partial charge in [-0.3, -0.25) is 0 Å². The lowest BCUT2D eigenvalue weighted by molar-refractivity contribution is 0.150. The summed E-state index contributed by atoms with van der Waals surface area (Å²) in [7, 11) is 0. The fourth-order valence-corrected chi connectivity index (χ4v) is 1.57. The quantitative estimate of drug-likeness (QED) is 0.590. The maximum absolute atomic E-state index is 12.4. The fraction of sp³-hybridized carbons (Fsp3) is 0.143. The molecule has 0 saturated heterocycles. The van der Waals surface area contributed by atoms with E-state index in [-0.39, 0.29) is 10.7 Å². The van der Waals surface area contributed by atoms with Crippen LogP contribution in [0.5, 0.6) is 0 Å². The molecule has 0 aliphatic heterocycles. The Labute approximate surface area is 91.7 Å². The third-order valence-corrected chi connectivity index (χ3v) is 2.47. The first-order valence-electron chi connectivity index (χ1n) is 3.10. The summed E-state index contributed by atoms with van der Waals surface area (Å²) in [6.45, 7) is 0. The topological polar surface area (TPSA) is 36.7 Å². The molecule has 0 bridgehead atoms. The van der Waals surface area contributed by atoms with Gasteiger partial charge in [0.1, 0.15) is 11.2 Å². The van der Waals surface area contributed by atoms with Crippen molar-refractivity contribution in [2.45, 2.75) is 6.43 Å². The summed E-state index contributed by atoms with van der Waals surface area (Å²) < 4.78 is 25.1. The summed E-state index contributed by atoms with van der Waals surface area (Å²) in [5.74, 6) is 0. The van der Waals surface area contributed by atoms with Crippen molar-refractivity contribution >= 4 is 34.2 Å². The summed E-state index contributed by atoms with van der Waals surface area (Å²) in [5.41, 5.74) is -0.591. The Morgan fingerprint density at radius 3 is 2.62 bits per heavy atom. The third-order valence-electron chi connectivity index (χ3n) is 1.35. The number of alkyl halides is 2. The minimum absolute atomic E-state index is 0.101. The van der Waals surface area contributed by atoms with Gasteiger partial charge in [-0.1, -0.05) is 11.6 Å². The highest BCUT2D eigenvalue weighted by Crippen LogP contribution is 2.30. The van der Waals surface area contributed by atoms with Crippen LogP contribution in [0.1, 0.15) is 17.6 Å². The molecule has 0 radical (unpaired) electrons. The second-order valence-electron chi connectivity index (χ2n) is 2.10. The molecular formula is C7H2ClF2IN2. The number of halogens is 4. The lowest BCUT2D eigenvalue weighted by atomic mass is 10.2. The first-order valence-corrected chi connectivity index (χ1v) is 4.55. The van der Waals surface area contributed by atoms with Crippen LogP contribution >= 0.6 is 34.2 Å². The summed E-state index contributed by atoms with van der Waals surface area (Å²) in [6.07, 6.45) is -1.49. The van der Waals surface area contributed by atoms with E-state index < -0.39 is 12.0 Å². The minimum atomic E-state index is -2.77. The fourth-order valence-electron chi connectivity index (χ4n) is 0.792. The summed E-state index contributed by atoms with van der Waals surface area (Å²) in [5, 5.41) is 8.29. The highest BCUT2D eigenvalue weighted by atomic mass is 127. The molecule has 0 unspecified atom stereocenters. The van der Waals surface area contributed by atoms with Crippen molar-refractivity contribution in [2.75, 3.05) is 0 Å². The Morgan fingerprint density at radius 2 is 2.23 bits per heavy atom. The molecule has 0 amide bonds. The molecule has 1 rings (SSSR count). The first-order chi connectivity index (χ1) is 6.07. The zero-order chi connectivity index (χ0) is 10.0. The van der Waals surface area contributed by atoms with Crippen LogP contribution in [0.2, 0.25) is 5.15 Å². The smallest absolute Gasteiger partial charge is 0.243 e. The van der Waals surface area contributed by atoms with E-state index >= 15 is 0 Å². The molecule has 1 aromatic rings. The largest absolute Gasteiger partial charge is 0.268 e. The molecule has 0 aromatic carbocycles. The molecular weight excluding hydrogens is 312 g/mol. The van der Waals surface area contributed by atoms with E-state index in [1.807, 2.05) is 0 Å². The highest BCUT2D eigenvalue weighted by molar-refractivity contribution is 14.1. The molecule has 0 aliphatic rings. The van der Waals surface area contributed by atoms with E-state index in [0.717, 1.165) is 0 Å². The lowest BCUT2D eigenvalue weighted by Crippen LogP contribution is -1.97. The molecule has 0 fully saturated rings. The van der Waals surface area contributed by atoms with Crippen LogP contribution in [-0.4, -0.2) is 4.98 Å². The predicted octanol–water partition coefficient (Wildman–Crippen LogP) is 3.15. The molecule has 0 aliphatic carbocycles. The Balaban J connectivity index is 3.46. The van der Waals surface area contributed by atoms with Crippen LogP contribution in [0.3, 0.4) is 0 Å². The Hall–Kier alpha value is -0.480. The molecule has 2 nitrogen and oxygen atoms in total. The van der Waals surface area contributed by atoms with Crippen molar-refractivity contribution in [3.05, 3.63) is 26.0 Å².